The molecule has 0 spiro atoms. The average Bonchev–Trinajstić information content (AvgIpc) is 3.27. The Morgan fingerprint density at radius 1 is 1.05 bits per heavy atom. The lowest BCUT2D eigenvalue weighted by atomic mass is 10.1. The number of nitro benzene ring substituents is 1. The van der Waals surface area contributed by atoms with E-state index in [1.54, 1.807) is 12.1 Å². The number of ether oxygens (including phenoxy) is 1. The normalized spacial score (nSPS) is 14.4. The van der Waals surface area contributed by atoms with Gasteiger partial charge in [0.2, 0.25) is 0 Å². The van der Waals surface area contributed by atoms with Crippen LogP contribution in [0, 0.1) is 21.7 Å². The quantitative estimate of drug-likeness (QED) is 0.245. The van der Waals surface area contributed by atoms with Crippen molar-refractivity contribution < 1.29 is 18.4 Å². The molecule has 12 heteroatoms. The maximum absolute atomic E-state index is 14.7. The van der Waals surface area contributed by atoms with Gasteiger partial charge in [0, 0.05) is 48.4 Å². The molecule has 0 radical (unpaired) electrons. The van der Waals surface area contributed by atoms with Gasteiger partial charge in [-0.05, 0) is 62.3 Å². The Morgan fingerprint density at radius 3 is 2.28 bits per heavy atom. The van der Waals surface area contributed by atoms with Crippen LogP contribution >= 0.6 is 11.3 Å². The van der Waals surface area contributed by atoms with Gasteiger partial charge in [-0.25, -0.2) is 13.6 Å². The van der Waals surface area contributed by atoms with Crippen molar-refractivity contribution in [3.63, 3.8) is 0 Å². The number of non-ortho nitro benzene ring substituents is 1. The van der Waals surface area contributed by atoms with Crippen molar-refractivity contribution in [3.05, 3.63) is 96.2 Å². The molecule has 204 valence electrons. The number of hydrogen-bond donors (Lipinski definition) is 0. The van der Waals surface area contributed by atoms with Gasteiger partial charge in [0.25, 0.3) is 11.2 Å². The topological polar surface area (TPSA) is 99.6 Å². The summed E-state index contributed by atoms with van der Waals surface area (Å²) >= 11 is 1.16. The molecule has 0 amide bonds. The van der Waals surface area contributed by atoms with E-state index >= 15 is 0 Å². The molecule has 2 aromatic carbocycles. The molecule has 4 aromatic rings. The number of thiophene rings is 1. The van der Waals surface area contributed by atoms with E-state index in [0.717, 1.165) is 23.5 Å². The summed E-state index contributed by atoms with van der Waals surface area (Å²) in [5.74, 6) is -1.58. The lowest BCUT2D eigenvalue weighted by Crippen LogP contribution is -2.44. The average molecular weight is 557 g/mol. The van der Waals surface area contributed by atoms with Gasteiger partial charge in [-0.2, -0.15) is 0 Å². The van der Waals surface area contributed by atoms with E-state index in [-0.39, 0.29) is 11.3 Å². The first-order valence-corrected chi connectivity index (χ1v) is 13.2. The Hall–Kier alpha value is -3.74. The largest absolute Gasteiger partial charge is 0.381 e. The summed E-state index contributed by atoms with van der Waals surface area (Å²) in [5, 5.41) is 11.5. The number of fused-ring (bicyclic) bond motifs is 1. The second-order valence-electron chi connectivity index (χ2n) is 9.72. The maximum atomic E-state index is 14.7. The van der Waals surface area contributed by atoms with Crippen LogP contribution < -0.4 is 11.2 Å². The van der Waals surface area contributed by atoms with Gasteiger partial charge in [-0.3, -0.25) is 24.0 Å². The predicted molar refractivity (Wildman–Crippen MR) is 144 cm³/mol. The first-order valence-electron chi connectivity index (χ1n) is 12.4. The van der Waals surface area contributed by atoms with Crippen molar-refractivity contribution in [3.8, 4) is 10.4 Å². The fraction of sp³-hybridized carbons (Fsp3) is 0.333. The van der Waals surface area contributed by atoms with Crippen molar-refractivity contribution in [2.24, 2.45) is 0 Å². The zero-order valence-corrected chi connectivity index (χ0v) is 22.2. The number of nitrogens with zero attached hydrogens (tertiary/aromatic N) is 4. The number of nitro groups is 1. The first-order chi connectivity index (χ1) is 18.7. The van der Waals surface area contributed by atoms with Crippen LogP contribution in [-0.4, -0.2) is 46.3 Å². The lowest BCUT2D eigenvalue weighted by Gasteiger charge is -2.25. The van der Waals surface area contributed by atoms with E-state index in [2.05, 4.69) is 0 Å². The van der Waals surface area contributed by atoms with Crippen molar-refractivity contribution in [2.45, 2.75) is 32.0 Å². The van der Waals surface area contributed by atoms with Crippen LogP contribution in [0.1, 0.15) is 30.0 Å². The van der Waals surface area contributed by atoms with Crippen molar-refractivity contribution >= 4 is 27.2 Å². The summed E-state index contributed by atoms with van der Waals surface area (Å²) in [6, 6.07) is 9.03. The molecule has 5 rings (SSSR count). The van der Waals surface area contributed by atoms with E-state index < -0.39 is 40.4 Å². The number of benzene rings is 2. The third kappa shape index (κ3) is 5.02. The molecule has 0 bridgehead atoms. The summed E-state index contributed by atoms with van der Waals surface area (Å²) in [6.45, 7) is 0.706. The van der Waals surface area contributed by atoms with Gasteiger partial charge in [-0.1, -0.05) is 6.07 Å². The molecule has 3 heterocycles. The highest BCUT2D eigenvalue weighted by Gasteiger charge is 2.28. The molecular formula is C27H26F2N4O5S. The van der Waals surface area contributed by atoms with Gasteiger partial charge < -0.3 is 9.64 Å². The molecule has 0 saturated carbocycles. The molecule has 0 unspecified atom stereocenters. The van der Waals surface area contributed by atoms with Gasteiger partial charge in [0.1, 0.15) is 16.5 Å². The summed E-state index contributed by atoms with van der Waals surface area (Å²) in [5.41, 5.74) is -0.196. The van der Waals surface area contributed by atoms with Crippen LogP contribution in [-0.2, 0) is 17.8 Å². The zero-order chi connectivity index (χ0) is 27.8. The molecule has 39 heavy (non-hydrogen) atoms. The van der Waals surface area contributed by atoms with Crippen LogP contribution in [0.2, 0.25) is 0 Å². The third-order valence-corrected chi connectivity index (χ3v) is 8.16. The summed E-state index contributed by atoms with van der Waals surface area (Å²) in [6.07, 6.45) is 0.911. The molecule has 1 aliphatic rings. The molecule has 9 nitrogen and oxygen atoms in total. The van der Waals surface area contributed by atoms with E-state index in [1.807, 2.05) is 19.0 Å². The standard InChI is InChI=1S/C27H26F2N4O5S/c1-30(2)14-20-23-25(34)32(17-10-12-38-13-11-17)27(35)31(15-19-21(28)4-3-5-22(19)29)26(23)39-24(20)16-6-8-18(9-7-16)33(36)37/h3-9,17H,10-15H2,1-2H3. The van der Waals surface area contributed by atoms with Gasteiger partial charge in [0.05, 0.1) is 16.9 Å². The van der Waals surface area contributed by atoms with Crippen LogP contribution in [0.3, 0.4) is 0 Å². The zero-order valence-electron chi connectivity index (χ0n) is 21.4. The van der Waals surface area contributed by atoms with Crippen molar-refractivity contribution in [2.75, 3.05) is 27.3 Å². The first kappa shape index (κ1) is 26.9. The van der Waals surface area contributed by atoms with E-state index in [1.165, 1.54) is 27.3 Å². The van der Waals surface area contributed by atoms with Crippen LogP contribution in [0.5, 0.6) is 0 Å². The minimum atomic E-state index is -0.792. The molecular weight excluding hydrogens is 530 g/mol. The number of aromatic nitrogens is 2. The Balaban J connectivity index is 1.83. The summed E-state index contributed by atoms with van der Waals surface area (Å²) in [4.78, 5) is 41.4. The number of rotatable bonds is 7. The maximum Gasteiger partial charge on any atom is 0.332 e. The summed E-state index contributed by atoms with van der Waals surface area (Å²) < 4.78 is 37.4. The van der Waals surface area contributed by atoms with Gasteiger partial charge in [0.15, 0.2) is 0 Å². The predicted octanol–water partition coefficient (Wildman–Crippen LogP) is 4.54. The van der Waals surface area contributed by atoms with E-state index in [9.17, 15) is 28.5 Å². The molecule has 0 N–H and O–H groups in total. The number of halogens is 2. The van der Waals surface area contributed by atoms with Gasteiger partial charge >= 0.3 is 5.69 Å². The minimum absolute atomic E-state index is 0.0807. The molecule has 1 aliphatic heterocycles. The SMILES string of the molecule is CN(C)Cc1c(-c2ccc([N+](=O)[O-])cc2)sc2c1c(=O)n(C1CCOCC1)c(=O)n2Cc1c(F)cccc1F. The van der Waals surface area contributed by atoms with Crippen molar-refractivity contribution in [1.82, 2.24) is 14.0 Å². The smallest absolute Gasteiger partial charge is 0.332 e. The van der Waals surface area contributed by atoms with E-state index in [0.29, 0.717) is 58.8 Å². The molecule has 1 fully saturated rings. The Morgan fingerprint density at radius 2 is 1.69 bits per heavy atom. The lowest BCUT2D eigenvalue weighted by molar-refractivity contribution is -0.384. The Bertz CT molecular complexity index is 1650. The molecule has 0 aliphatic carbocycles. The molecule has 1 saturated heterocycles. The van der Waals surface area contributed by atoms with Crippen LogP contribution in [0.25, 0.3) is 20.7 Å². The highest BCUT2D eigenvalue weighted by Crippen LogP contribution is 2.38. The van der Waals surface area contributed by atoms with Crippen LogP contribution in [0.15, 0.2) is 52.1 Å². The highest BCUT2D eigenvalue weighted by molar-refractivity contribution is 7.22. The fourth-order valence-electron chi connectivity index (χ4n) is 4.97. The van der Waals surface area contributed by atoms with Crippen LogP contribution in [0.4, 0.5) is 14.5 Å². The Kier molecular flexibility index (Phi) is 7.43. The second kappa shape index (κ2) is 10.8. The molecule has 0 atom stereocenters. The van der Waals surface area contributed by atoms with Gasteiger partial charge in [-0.15, -0.1) is 11.3 Å². The second-order valence-corrected chi connectivity index (χ2v) is 10.7. The van der Waals surface area contributed by atoms with E-state index in [4.69, 9.17) is 4.74 Å². The monoisotopic (exact) mass is 556 g/mol. The summed E-state index contributed by atoms with van der Waals surface area (Å²) in [7, 11) is 3.68. The minimum Gasteiger partial charge on any atom is -0.381 e. The Labute approximate surface area is 225 Å². The highest BCUT2D eigenvalue weighted by atomic mass is 32.1. The number of hydrogen-bond acceptors (Lipinski definition) is 7. The molecule has 2 aromatic heterocycles. The van der Waals surface area contributed by atoms with Crippen molar-refractivity contribution in [1.29, 1.82) is 0 Å². The fourth-order valence-corrected chi connectivity index (χ4v) is 6.27. The third-order valence-electron chi connectivity index (χ3n) is 6.85.